The molecule has 0 heterocycles. The molecule has 0 atom stereocenters. The van der Waals surface area contributed by atoms with Crippen molar-refractivity contribution in [2.45, 2.75) is 25.2 Å². The molecule has 0 aromatic heterocycles. The van der Waals surface area contributed by atoms with Crippen molar-refractivity contribution in [1.29, 1.82) is 0 Å². The lowest BCUT2D eigenvalue weighted by Crippen LogP contribution is -2.30. The second-order valence-electron chi connectivity index (χ2n) is 5.37. The van der Waals surface area contributed by atoms with Crippen LogP contribution in [0, 0.1) is 13.8 Å². The fourth-order valence-corrected chi connectivity index (χ4v) is 3.10. The first-order chi connectivity index (χ1) is 11.2. The van der Waals surface area contributed by atoms with Crippen molar-refractivity contribution in [3.63, 3.8) is 0 Å². The van der Waals surface area contributed by atoms with Crippen molar-refractivity contribution >= 4 is 17.7 Å². The van der Waals surface area contributed by atoms with Gasteiger partial charge in [-0.3, -0.25) is 4.79 Å². The molecule has 2 aromatic carbocycles. The Morgan fingerprint density at radius 2 is 1.74 bits per heavy atom. The highest BCUT2D eigenvalue weighted by atomic mass is 32.2. The molecule has 0 aliphatic heterocycles. The predicted molar refractivity (Wildman–Crippen MR) is 96.2 cm³/mol. The van der Waals surface area contributed by atoms with Gasteiger partial charge in [-0.05, 0) is 49.3 Å². The van der Waals surface area contributed by atoms with Crippen LogP contribution in [0.1, 0.15) is 17.5 Å². The number of carbonyl (C=O) groups is 1. The summed E-state index contributed by atoms with van der Waals surface area (Å²) in [7, 11) is 0. The van der Waals surface area contributed by atoms with Crippen molar-refractivity contribution in [3.05, 3.63) is 59.7 Å². The molecule has 0 aliphatic carbocycles. The third-order valence-electron chi connectivity index (χ3n) is 3.41. The van der Waals surface area contributed by atoms with E-state index in [1.54, 1.807) is 11.8 Å². The summed E-state index contributed by atoms with van der Waals surface area (Å²) in [5, 5.41) is 2.90. The topological polar surface area (TPSA) is 38.3 Å². The van der Waals surface area contributed by atoms with E-state index in [4.69, 9.17) is 4.74 Å². The van der Waals surface area contributed by atoms with E-state index >= 15 is 0 Å². The zero-order valence-electron chi connectivity index (χ0n) is 13.7. The van der Waals surface area contributed by atoms with Gasteiger partial charge in [0.05, 0.1) is 0 Å². The highest BCUT2D eigenvalue weighted by molar-refractivity contribution is 7.99. The highest BCUT2D eigenvalue weighted by Crippen LogP contribution is 2.22. The second-order valence-corrected chi connectivity index (χ2v) is 6.54. The first-order valence-corrected chi connectivity index (χ1v) is 8.79. The molecule has 122 valence electrons. The van der Waals surface area contributed by atoms with Crippen LogP contribution in [-0.4, -0.2) is 24.8 Å². The van der Waals surface area contributed by atoms with Gasteiger partial charge in [-0.25, -0.2) is 0 Å². The molecule has 0 fully saturated rings. The number of hydrogen-bond donors (Lipinski definition) is 1. The van der Waals surface area contributed by atoms with Gasteiger partial charge >= 0.3 is 0 Å². The summed E-state index contributed by atoms with van der Waals surface area (Å²) >= 11 is 1.80. The summed E-state index contributed by atoms with van der Waals surface area (Å²) in [6, 6.07) is 16.2. The van der Waals surface area contributed by atoms with Gasteiger partial charge < -0.3 is 10.1 Å². The first kappa shape index (κ1) is 17.4. The molecule has 0 bridgehead atoms. The molecule has 4 heteroatoms. The Morgan fingerprint density at radius 1 is 1.04 bits per heavy atom. The molecule has 0 aliphatic rings. The zero-order valence-corrected chi connectivity index (χ0v) is 14.5. The molecule has 0 saturated heterocycles. The Hall–Kier alpha value is -1.94. The predicted octanol–water partition coefficient (Wildman–Crippen LogP) is 3.98. The van der Waals surface area contributed by atoms with Gasteiger partial charge in [0.2, 0.25) is 0 Å². The minimum Gasteiger partial charge on any atom is -0.483 e. The molecule has 0 saturated carbocycles. The van der Waals surface area contributed by atoms with E-state index in [1.807, 2.05) is 50.2 Å². The average molecular weight is 329 g/mol. The Balaban J connectivity index is 1.62. The molecular weight excluding hydrogens is 306 g/mol. The average Bonchev–Trinajstić information content (AvgIpc) is 2.55. The van der Waals surface area contributed by atoms with Crippen molar-refractivity contribution in [2.75, 3.05) is 18.9 Å². The van der Waals surface area contributed by atoms with Crippen molar-refractivity contribution in [2.24, 2.45) is 0 Å². The second kappa shape index (κ2) is 9.26. The van der Waals surface area contributed by atoms with Crippen LogP contribution in [0.25, 0.3) is 0 Å². The fourth-order valence-electron chi connectivity index (χ4n) is 2.22. The van der Waals surface area contributed by atoms with Crippen LogP contribution in [0.3, 0.4) is 0 Å². The van der Waals surface area contributed by atoms with Crippen LogP contribution in [0.4, 0.5) is 0 Å². The Labute approximate surface area is 142 Å². The third kappa shape index (κ3) is 5.99. The van der Waals surface area contributed by atoms with E-state index in [-0.39, 0.29) is 12.5 Å². The number of benzene rings is 2. The maximum absolute atomic E-state index is 11.8. The lowest BCUT2D eigenvalue weighted by molar-refractivity contribution is -0.123. The molecule has 0 radical (unpaired) electrons. The molecule has 3 nitrogen and oxygen atoms in total. The molecule has 0 spiro atoms. The van der Waals surface area contributed by atoms with Crippen LogP contribution < -0.4 is 10.1 Å². The minimum absolute atomic E-state index is 0.0670. The Bertz CT molecular complexity index is 608. The van der Waals surface area contributed by atoms with Gasteiger partial charge in [0.1, 0.15) is 5.75 Å². The number of amides is 1. The highest BCUT2D eigenvalue weighted by Gasteiger charge is 2.06. The van der Waals surface area contributed by atoms with E-state index in [9.17, 15) is 4.79 Å². The summed E-state index contributed by atoms with van der Waals surface area (Å²) in [6.45, 7) is 4.72. The lowest BCUT2D eigenvalue weighted by Gasteiger charge is -2.11. The SMILES string of the molecule is Cc1cccc(C)c1OCC(=O)NCCCSc1ccccc1. The van der Waals surface area contributed by atoms with Crippen LogP contribution in [-0.2, 0) is 4.79 Å². The summed E-state index contributed by atoms with van der Waals surface area (Å²) in [6.07, 6.45) is 0.939. The number of thioether (sulfide) groups is 1. The van der Waals surface area contributed by atoms with Crippen molar-refractivity contribution in [3.8, 4) is 5.75 Å². The van der Waals surface area contributed by atoms with Crippen molar-refractivity contribution in [1.82, 2.24) is 5.32 Å². The van der Waals surface area contributed by atoms with Gasteiger partial charge in [-0.15, -0.1) is 11.8 Å². The van der Waals surface area contributed by atoms with Gasteiger partial charge in [0, 0.05) is 11.4 Å². The zero-order chi connectivity index (χ0) is 16.5. The summed E-state index contributed by atoms with van der Waals surface area (Å²) in [4.78, 5) is 13.1. The number of aryl methyl sites for hydroxylation is 2. The molecule has 23 heavy (non-hydrogen) atoms. The standard InChI is InChI=1S/C19H23NO2S/c1-15-8-6-9-16(2)19(15)22-14-18(21)20-12-7-13-23-17-10-4-3-5-11-17/h3-6,8-11H,7,12-14H2,1-2H3,(H,20,21). The van der Waals surface area contributed by atoms with Gasteiger partial charge in [0.25, 0.3) is 5.91 Å². The van der Waals surface area contributed by atoms with E-state index in [0.29, 0.717) is 6.54 Å². The number of para-hydroxylation sites is 1. The van der Waals surface area contributed by atoms with Gasteiger partial charge in [-0.2, -0.15) is 0 Å². The summed E-state index contributed by atoms with van der Waals surface area (Å²) in [5.41, 5.74) is 2.11. The van der Waals surface area contributed by atoms with E-state index < -0.39 is 0 Å². The van der Waals surface area contributed by atoms with E-state index in [0.717, 1.165) is 29.1 Å². The molecule has 0 unspecified atom stereocenters. The van der Waals surface area contributed by atoms with Crippen LogP contribution in [0.15, 0.2) is 53.4 Å². The Morgan fingerprint density at radius 3 is 2.43 bits per heavy atom. The Kier molecular flexibility index (Phi) is 7.01. The molecular formula is C19H23NO2S. The maximum Gasteiger partial charge on any atom is 0.257 e. The fraction of sp³-hybridized carbons (Fsp3) is 0.316. The summed E-state index contributed by atoms with van der Waals surface area (Å²) < 4.78 is 5.64. The number of nitrogens with one attached hydrogen (secondary N) is 1. The molecule has 2 rings (SSSR count). The molecule has 1 amide bonds. The normalized spacial score (nSPS) is 10.3. The minimum atomic E-state index is -0.0719. The largest absolute Gasteiger partial charge is 0.483 e. The van der Waals surface area contributed by atoms with Crippen molar-refractivity contribution < 1.29 is 9.53 Å². The van der Waals surface area contributed by atoms with Gasteiger partial charge in [0.15, 0.2) is 6.61 Å². The van der Waals surface area contributed by atoms with Crippen LogP contribution >= 0.6 is 11.8 Å². The van der Waals surface area contributed by atoms with E-state index in [1.165, 1.54) is 4.90 Å². The molecule has 1 N–H and O–H groups in total. The van der Waals surface area contributed by atoms with Crippen LogP contribution in [0.2, 0.25) is 0 Å². The maximum atomic E-state index is 11.8. The number of hydrogen-bond acceptors (Lipinski definition) is 3. The van der Waals surface area contributed by atoms with E-state index in [2.05, 4.69) is 17.4 Å². The van der Waals surface area contributed by atoms with Crippen LogP contribution in [0.5, 0.6) is 5.75 Å². The first-order valence-electron chi connectivity index (χ1n) is 7.80. The number of carbonyl (C=O) groups excluding carboxylic acids is 1. The molecule has 2 aromatic rings. The van der Waals surface area contributed by atoms with Gasteiger partial charge in [-0.1, -0.05) is 36.4 Å². The number of ether oxygens (including phenoxy) is 1. The smallest absolute Gasteiger partial charge is 0.257 e. The monoisotopic (exact) mass is 329 g/mol. The third-order valence-corrected chi connectivity index (χ3v) is 4.51. The quantitative estimate of drug-likeness (QED) is 0.588. The lowest BCUT2D eigenvalue weighted by atomic mass is 10.1. The summed E-state index contributed by atoms with van der Waals surface area (Å²) in [5.74, 6) is 1.72. The number of rotatable bonds is 8.